The molecule has 2 N–H and O–H groups in total. The number of carbonyl (C=O) groups excluding carboxylic acids is 2. The van der Waals surface area contributed by atoms with Crippen molar-refractivity contribution in [3.05, 3.63) is 29.6 Å². The highest BCUT2D eigenvalue weighted by Crippen LogP contribution is 2.31. The molecule has 2 atom stereocenters. The molecule has 8 heteroatoms. The number of aliphatic hydroxyl groups excluding tert-OH is 1. The Kier molecular flexibility index (Phi) is 9.50. The summed E-state index contributed by atoms with van der Waals surface area (Å²) in [6, 6.07) is 4.84. The van der Waals surface area contributed by atoms with Crippen molar-refractivity contribution in [1.29, 1.82) is 0 Å². The van der Waals surface area contributed by atoms with Crippen molar-refractivity contribution in [3.63, 3.8) is 0 Å². The van der Waals surface area contributed by atoms with Gasteiger partial charge >= 0.3 is 6.03 Å². The van der Waals surface area contributed by atoms with Crippen molar-refractivity contribution < 1.29 is 23.8 Å². The minimum absolute atomic E-state index is 0.121. The molecule has 1 saturated heterocycles. The molecule has 1 aromatic rings. The number of benzene rings is 1. The zero-order valence-corrected chi connectivity index (χ0v) is 19.9. The van der Waals surface area contributed by atoms with Gasteiger partial charge in [-0.25, -0.2) is 14.1 Å². The number of halogens is 1. The van der Waals surface area contributed by atoms with E-state index in [2.05, 4.69) is 12.2 Å². The number of rotatable bonds is 14. The van der Waals surface area contributed by atoms with Crippen molar-refractivity contribution in [2.45, 2.75) is 77.5 Å². The van der Waals surface area contributed by atoms with E-state index in [1.807, 2.05) is 6.07 Å². The topological polar surface area (TPSA) is 82.1 Å². The third kappa shape index (κ3) is 7.40. The standard InChI is InChI=1S/C25H38FN3O4/c1-3-23(30)29-24(31)16-28(25(29)32)14-8-6-4-5-7-13-27-18(2)20-11-12-21(26)22(15-20)33-17-19-9-10-19/h11-12,15,18-19,24,27,31H,3-10,13-14,16-17H2,1-2H3/t18-,24?/m1/s1. The number of imide groups is 1. The molecule has 184 valence electrons. The van der Waals surface area contributed by atoms with Crippen LogP contribution in [0.15, 0.2) is 18.2 Å². The van der Waals surface area contributed by atoms with Gasteiger partial charge in [-0.15, -0.1) is 0 Å². The average Bonchev–Trinajstić information content (AvgIpc) is 3.59. The van der Waals surface area contributed by atoms with Crippen LogP contribution in [-0.2, 0) is 4.79 Å². The lowest BCUT2D eigenvalue weighted by molar-refractivity contribution is -0.133. The molecule has 1 unspecified atom stereocenters. The van der Waals surface area contributed by atoms with Gasteiger partial charge in [0.15, 0.2) is 17.8 Å². The fourth-order valence-corrected chi connectivity index (χ4v) is 4.05. The zero-order chi connectivity index (χ0) is 23.8. The van der Waals surface area contributed by atoms with E-state index in [0.29, 0.717) is 24.8 Å². The van der Waals surface area contributed by atoms with Gasteiger partial charge in [0, 0.05) is 19.0 Å². The maximum absolute atomic E-state index is 14.0. The number of unbranched alkanes of at least 4 members (excludes halogenated alkanes) is 4. The Morgan fingerprint density at radius 2 is 1.97 bits per heavy atom. The number of carbonyl (C=O) groups is 2. The van der Waals surface area contributed by atoms with Crippen LogP contribution in [0.2, 0.25) is 0 Å². The molecule has 1 aliphatic heterocycles. The van der Waals surface area contributed by atoms with Crippen molar-refractivity contribution in [2.24, 2.45) is 5.92 Å². The fourth-order valence-electron chi connectivity index (χ4n) is 4.05. The number of β-amino-alcohol motifs (C(OH)–C–C–N with tert-alkyl or cyclic N) is 1. The Hall–Kier alpha value is -2.19. The maximum atomic E-state index is 14.0. The Morgan fingerprint density at radius 1 is 1.24 bits per heavy atom. The van der Waals surface area contributed by atoms with Gasteiger partial charge in [-0.3, -0.25) is 4.79 Å². The van der Waals surface area contributed by atoms with Crippen LogP contribution in [0.4, 0.5) is 9.18 Å². The van der Waals surface area contributed by atoms with Crippen LogP contribution in [0, 0.1) is 11.7 Å². The van der Waals surface area contributed by atoms with E-state index >= 15 is 0 Å². The third-order valence-corrected chi connectivity index (χ3v) is 6.41. The lowest BCUT2D eigenvalue weighted by Crippen LogP contribution is -2.39. The van der Waals surface area contributed by atoms with Gasteiger partial charge in [-0.05, 0) is 62.8 Å². The summed E-state index contributed by atoms with van der Waals surface area (Å²) in [6.07, 6.45) is 6.57. The quantitative estimate of drug-likeness (QED) is 0.404. The first-order valence-electron chi connectivity index (χ1n) is 12.3. The Bertz CT molecular complexity index is 802. The predicted molar refractivity (Wildman–Crippen MR) is 124 cm³/mol. The minimum Gasteiger partial charge on any atom is -0.490 e. The maximum Gasteiger partial charge on any atom is 0.329 e. The number of hydrogen-bond donors (Lipinski definition) is 2. The van der Waals surface area contributed by atoms with Crippen molar-refractivity contribution in [2.75, 3.05) is 26.2 Å². The number of aliphatic hydroxyl groups is 1. The van der Waals surface area contributed by atoms with Crippen molar-refractivity contribution in [1.82, 2.24) is 15.1 Å². The Morgan fingerprint density at radius 3 is 2.70 bits per heavy atom. The van der Waals surface area contributed by atoms with E-state index in [0.717, 1.165) is 49.1 Å². The molecular weight excluding hydrogens is 425 g/mol. The summed E-state index contributed by atoms with van der Waals surface area (Å²) >= 11 is 0. The SMILES string of the molecule is CCC(=O)N1C(=O)N(CCCCCCCN[C@H](C)c2ccc(F)c(OCC3CC3)c2)CC1O. The first-order chi connectivity index (χ1) is 15.9. The van der Waals surface area contributed by atoms with Crippen LogP contribution < -0.4 is 10.1 Å². The van der Waals surface area contributed by atoms with Gasteiger partial charge in [0.05, 0.1) is 13.2 Å². The van der Waals surface area contributed by atoms with Crippen LogP contribution in [-0.4, -0.2) is 59.3 Å². The van der Waals surface area contributed by atoms with E-state index in [9.17, 15) is 19.1 Å². The lowest BCUT2D eigenvalue weighted by atomic mass is 10.1. The lowest BCUT2D eigenvalue weighted by Gasteiger charge is -2.17. The summed E-state index contributed by atoms with van der Waals surface area (Å²) in [5.41, 5.74) is 1.02. The highest BCUT2D eigenvalue weighted by atomic mass is 19.1. The van der Waals surface area contributed by atoms with E-state index < -0.39 is 6.23 Å². The zero-order valence-electron chi connectivity index (χ0n) is 19.9. The van der Waals surface area contributed by atoms with E-state index in [4.69, 9.17) is 4.74 Å². The molecule has 7 nitrogen and oxygen atoms in total. The second-order valence-corrected chi connectivity index (χ2v) is 9.21. The second kappa shape index (κ2) is 12.3. The first-order valence-corrected chi connectivity index (χ1v) is 12.3. The van der Waals surface area contributed by atoms with Gasteiger partial charge < -0.3 is 20.1 Å². The normalized spacial score (nSPS) is 19.3. The predicted octanol–water partition coefficient (Wildman–Crippen LogP) is 4.21. The monoisotopic (exact) mass is 463 g/mol. The smallest absolute Gasteiger partial charge is 0.329 e. The van der Waals surface area contributed by atoms with Crippen LogP contribution in [0.1, 0.15) is 76.8 Å². The van der Waals surface area contributed by atoms with Gasteiger partial charge in [0.1, 0.15) is 0 Å². The summed E-state index contributed by atoms with van der Waals surface area (Å²) in [7, 11) is 0. The molecular formula is C25H38FN3O4. The molecule has 0 bridgehead atoms. The summed E-state index contributed by atoms with van der Waals surface area (Å²) in [4.78, 5) is 26.5. The van der Waals surface area contributed by atoms with Gasteiger partial charge in [0.25, 0.3) is 0 Å². The van der Waals surface area contributed by atoms with Gasteiger partial charge in [-0.2, -0.15) is 0 Å². The van der Waals surface area contributed by atoms with Gasteiger partial charge in [-0.1, -0.05) is 32.3 Å². The molecule has 3 amide bonds. The number of ether oxygens (including phenoxy) is 1. The van der Waals surface area contributed by atoms with Crippen LogP contribution in [0.3, 0.4) is 0 Å². The van der Waals surface area contributed by atoms with Crippen molar-refractivity contribution >= 4 is 11.9 Å². The molecule has 1 aromatic carbocycles. The Labute approximate surface area is 196 Å². The van der Waals surface area contributed by atoms with Crippen LogP contribution >= 0.6 is 0 Å². The molecule has 33 heavy (non-hydrogen) atoms. The molecule has 2 fully saturated rings. The van der Waals surface area contributed by atoms with Crippen molar-refractivity contribution in [3.8, 4) is 5.75 Å². The second-order valence-electron chi connectivity index (χ2n) is 9.21. The molecule has 3 rings (SSSR count). The fraction of sp³-hybridized carbons (Fsp3) is 0.680. The number of urea groups is 1. The van der Waals surface area contributed by atoms with Gasteiger partial charge in [0.2, 0.25) is 5.91 Å². The molecule has 0 radical (unpaired) electrons. The average molecular weight is 464 g/mol. The molecule has 1 heterocycles. The molecule has 1 aliphatic carbocycles. The highest BCUT2D eigenvalue weighted by molar-refractivity contribution is 5.96. The number of amides is 3. The first kappa shape index (κ1) is 25.4. The van der Waals surface area contributed by atoms with Crippen LogP contribution in [0.25, 0.3) is 0 Å². The summed E-state index contributed by atoms with van der Waals surface area (Å²) in [6.45, 7) is 6.00. The van der Waals surface area contributed by atoms with E-state index in [1.54, 1.807) is 17.9 Å². The molecule has 2 aliphatic rings. The summed E-state index contributed by atoms with van der Waals surface area (Å²) < 4.78 is 19.6. The number of hydrogen-bond acceptors (Lipinski definition) is 5. The Balaban J connectivity index is 1.26. The largest absolute Gasteiger partial charge is 0.490 e. The number of nitrogens with one attached hydrogen (secondary N) is 1. The third-order valence-electron chi connectivity index (χ3n) is 6.41. The van der Waals surface area contributed by atoms with E-state index in [1.165, 1.54) is 18.9 Å². The van der Waals surface area contributed by atoms with E-state index in [-0.39, 0.29) is 36.8 Å². The molecule has 0 aromatic heterocycles. The number of nitrogens with zero attached hydrogens (tertiary/aromatic N) is 2. The summed E-state index contributed by atoms with van der Waals surface area (Å²) in [5, 5.41) is 13.4. The molecule has 1 saturated carbocycles. The van der Waals surface area contributed by atoms with Crippen LogP contribution in [0.5, 0.6) is 5.75 Å². The highest BCUT2D eigenvalue weighted by Gasteiger charge is 2.39. The molecule has 0 spiro atoms. The minimum atomic E-state index is -1.03. The summed E-state index contributed by atoms with van der Waals surface area (Å²) in [5.74, 6) is 0.297.